The average molecular weight is 275 g/mol. The van der Waals surface area contributed by atoms with E-state index in [1.54, 1.807) is 6.07 Å². The number of nitrogens with one attached hydrogen (secondary N) is 1. The summed E-state index contributed by atoms with van der Waals surface area (Å²) in [7, 11) is 0. The maximum atomic E-state index is 11.8. The van der Waals surface area contributed by atoms with Crippen LogP contribution in [-0.4, -0.2) is 17.0 Å². The summed E-state index contributed by atoms with van der Waals surface area (Å²) in [6, 6.07) is 7.14. The molecule has 0 spiro atoms. The van der Waals surface area contributed by atoms with Gasteiger partial charge in [0.15, 0.2) is 0 Å². The van der Waals surface area contributed by atoms with E-state index in [0.29, 0.717) is 4.88 Å². The fourth-order valence-corrected chi connectivity index (χ4v) is 3.02. The van der Waals surface area contributed by atoms with E-state index in [1.807, 2.05) is 18.2 Å². The van der Waals surface area contributed by atoms with Gasteiger partial charge in [0, 0.05) is 16.3 Å². The lowest BCUT2D eigenvalue weighted by atomic mass is 9.85. The molecule has 1 saturated carbocycles. The SMILES string of the molecule is O=C(O)c1cc2cc(NC(=O)C3CCC3)ccc2s1. The van der Waals surface area contributed by atoms with Crippen molar-refractivity contribution in [2.24, 2.45) is 5.92 Å². The molecule has 0 radical (unpaired) electrons. The van der Waals surface area contributed by atoms with Crippen molar-refractivity contribution in [1.29, 1.82) is 0 Å². The first-order valence-electron chi connectivity index (χ1n) is 6.21. The number of carboxylic acid groups (broad SMARTS) is 1. The van der Waals surface area contributed by atoms with Crippen molar-refractivity contribution in [3.05, 3.63) is 29.1 Å². The maximum absolute atomic E-state index is 11.8. The number of anilines is 1. The summed E-state index contributed by atoms with van der Waals surface area (Å²) in [5, 5.41) is 12.7. The van der Waals surface area contributed by atoms with Crippen LogP contribution in [0.4, 0.5) is 5.69 Å². The summed E-state index contributed by atoms with van der Waals surface area (Å²) < 4.78 is 0.916. The van der Waals surface area contributed by atoms with E-state index in [1.165, 1.54) is 11.3 Å². The predicted molar refractivity (Wildman–Crippen MR) is 74.8 cm³/mol. The van der Waals surface area contributed by atoms with Gasteiger partial charge in [-0.25, -0.2) is 4.79 Å². The first-order chi connectivity index (χ1) is 9.13. The molecule has 1 aromatic carbocycles. The molecule has 0 bridgehead atoms. The Morgan fingerprint density at radius 1 is 1.26 bits per heavy atom. The number of carboxylic acids is 1. The molecule has 1 amide bonds. The highest BCUT2D eigenvalue weighted by Crippen LogP contribution is 2.30. The van der Waals surface area contributed by atoms with Crippen molar-refractivity contribution in [3.8, 4) is 0 Å². The molecule has 2 N–H and O–H groups in total. The van der Waals surface area contributed by atoms with Gasteiger partial charge in [-0.05, 0) is 42.5 Å². The lowest BCUT2D eigenvalue weighted by molar-refractivity contribution is -0.122. The molecule has 98 valence electrons. The fraction of sp³-hybridized carbons (Fsp3) is 0.286. The van der Waals surface area contributed by atoms with E-state index in [2.05, 4.69) is 5.32 Å². The quantitative estimate of drug-likeness (QED) is 0.902. The number of carbonyl (C=O) groups excluding carboxylic acids is 1. The summed E-state index contributed by atoms with van der Waals surface area (Å²) in [5.41, 5.74) is 0.735. The molecule has 1 aliphatic rings. The minimum absolute atomic E-state index is 0.0688. The molecule has 1 aliphatic carbocycles. The normalized spacial score (nSPS) is 15.2. The second kappa shape index (κ2) is 4.66. The van der Waals surface area contributed by atoms with Gasteiger partial charge < -0.3 is 10.4 Å². The minimum Gasteiger partial charge on any atom is -0.477 e. The number of aromatic carboxylic acids is 1. The summed E-state index contributed by atoms with van der Waals surface area (Å²) >= 11 is 1.24. The molecule has 1 fully saturated rings. The monoisotopic (exact) mass is 275 g/mol. The lowest BCUT2D eigenvalue weighted by Crippen LogP contribution is -2.27. The van der Waals surface area contributed by atoms with Gasteiger partial charge in [0.2, 0.25) is 5.91 Å². The third kappa shape index (κ3) is 2.33. The number of amides is 1. The highest BCUT2D eigenvalue weighted by atomic mass is 32.1. The predicted octanol–water partition coefficient (Wildman–Crippen LogP) is 3.34. The molecule has 3 rings (SSSR count). The highest BCUT2D eigenvalue weighted by Gasteiger charge is 2.25. The number of hydrogen-bond donors (Lipinski definition) is 2. The summed E-state index contributed by atoms with van der Waals surface area (Å²) in [6.07, 6.45) is 3.06. The number of benzene rings is 1. The van der Waals surface area contributed by atoms with Crippen LogP contribution in [0.25, 0.3) is 10.1 Å². The molecule has 0 aliphatic heterocycles. The zero-order chi connectivity index (χ0) is 13.4. The first-order valence-corrected chi connectivity index (χ1v) is 7.03. The molecule has 19 heavy (non-hydrogen) atoms. The molecule has 4 nitrogen and oxygen atoms in total. The molecule has 5 heteroatoms. The molecule has 0 saturated heterocycles. The minimum atomic E-state index is -0.916. The van der Waals surface area contributed by atoms with Crippen molar-refractivity contribution in [3.63, 3.8) is 0 Å². The van der Waals surface area contributed by atoms with Gasteiger partial charge in [-0.2, -0.15) is 0 Å². The Bertz CT molecular complexity index is 658. The molecular formula is C14H13NO3S. The third-order valence-corrected chi connectivity index (χ3v) is 4.57. The Morgan fingerprint density at radius 2 is 2.05 bits per heavy atom. The van der Waals surface area contributed by atoms with Gasteiger partial charge >= 0.3 is 5.97 Å². The maximum Gasteiger partial charge on any atom is 0.345 e. The van der Waals surface area contributed by atoms with E-state index < -0.39 is 5.97 Å². The molecular weight excluding hydrogens is 262 g/mol. The second-order valence-corrected chi connectivity index (χ2v) is 5.87. The van der Waals surface area contributed by atoms with Crippen molar-refractivity contribution < 1.29 is 14.7 Å². The first kappa shape index (κ1) is 12.2. The van der Waals surface area contributed by atoms with Crippen molar-refractivity contribution in [2.45, 2.75) is 19.3 Å². The summed E-state index contributed by atoms with van der Waals surface area (Å²) in [4.78, 5) is 23.1. The van der Waals surface area contributed by atoms with Gasteiger partial charge in [-0.3, -0.25) is 4.79 Å². The fourth-order valence-electron chi connectivity index (χ4n) is 2.14. The van der Waals surface area contributed by atoms with E-state index in [-0.39, 0.29) is 11.8 Å². The molecule has 1 heterocycles. The Kier molecular flexibility index (Phi) is 2.98. The van der Waals surface area contributed by atoms with Crippen LogP contribution in [0.5, 0.6) is 0 Å². The van der Waals surface area contributed by atoms with Crippen LogP contribution in [0.15, 0.2) is 24.3 Å². The third-order valence-electron chi connectivity index (χ3n) is 3.47. The van der Waals surface area contributed by atoms with Crippen LogP contribution < -0.4 is 5.32 Å². The number of thiophene rings is 1. The summed E-state index contributed by atoms with van der Waals surface area (Å²) in [6.45, 7) is 0. The highest BCUT2D eigenvalue weighted by molar-refractivity contribution is 7.20. The van der Waals surface area contributed by atoms with Crippen LogP contribution in [0.1, 0.15) is 28.9 Å². The zero-order valence-electron chi connectivity index (χ0n) is 10.2. The van der Waals surface area contributed by atoms with E-state index in [4.69, 9.17) is 5.11 Å². The van der Waals surface area contributed by atoms with E-state index >= 15 is 0 Å². The summed E-state index contributed by atoms with van der Waals surface area (Å²) in [5.74, 6) is -0.701. The van der Waals surface area contributed by atoms with Crippen molar-refractivity contribution in [1.82, 2.24) is 0 Å². The van der Waals surface area contributed by atoms with Crippen molar-refractivity contribution in [2.75, 3.05) is 5.32 Å². The molecule has 0 atom stereocenters. The molecule has 2 aromatic rings. The number of fused-ring (bicyclic) bond motifs is 1. The van der Waals surface area contributed by atoms with Gasteiger partial charge in [0.05, 0.1) is 0 Å². The van der Waals surface area contributed by atoms with Crippen LogP contribution in [0, 0.1) is 5.92 Å². The van der Waals surface area contributed by atoms with Gasteiger partial charge in [0.25, 0.3) is 0 Å². The Morgan fingerprint density at radius 3 is 2.68 bits per heavy atom. The van der Waals surface area contributed by atoms with Gasteiger partial charge in [-0.1, -0.05) is 6.42 Å². The average Bonchev–Trinajstić information content (AvgIpc) is 2.69. The van der Waals surface area contributed by atoms with Crippen LogP contribution in [-0.2, 0) is 4.79 Å². The van der Waals surface area contributed by atoms with E-state index in [9.17, 15) is 9.59 Å². The van der Waals surface area contributed by atoms with Crippen LogP contribution in [0.2, 0.25) is 0 Å². The Labute approximate surface area is 114 Å². The largest absolute Gasteiger partial charge is 0.477 e. The number of carbonyl (C=O) groups is 2. The van der Waals surface area contributed by atoms with Gasteiger partial charge in [-0.15, -0.1) is 11.3 Å². The van der Waals surface area contributed by atoms with Crippen molar-refractivity contribution >= 4 is 39.0 Å². The number of hydrogen-bond acceptors (Lipinski definition) is 3. The lowest BCUT2D eigenvalue weighted by Gasteiger charge is -2.24. The number of rotatable bonds is 3. The van der Waals surface area contributed by atoms with Crippen LogP contribution in [0.3, 0.4) is 0 Å². The smallest absolute Gasteiger partial charge is 0.345 e. The molecule has 1 aromatic heterocycles. The topological polar surface area (TPSA) is 66.4 Å². The second-order valence-electron chi connectivity index (χ2n) is 4.79. The van der Waals surface area contributed by atoms with Crippen LogP contribution >= 0.6 is 11.3 Å². The molecule has 0 unspecified atom stereocenters. The van der Waals surface area contributed by atoms with Gasteiger partial charge in [0.1, 0.15) is 4.88 Å². The van der Waals surface area contributed by atoms with E-state index in [0.717, 1.165) is 35.0 Å². The Hall–Kier alpha value is -1.88. The zero-order valence-corrected chi connectivity index (χ0v) is 11.0. The Balaban J connectivity index is 1.84. The standard InChI is InChI=1S/C14H13NO3S/c16-13(8-2-1-3-8)15-10-4-5-11-9(6-10)7-12(19-11)14(17)18/h4-8H,1-3H2,(H,15,16)(H,17,18).